The van der Waals surface area contributed by atoms with Crippen molar-refractivity contribution in [3.63, 3.8) is 0 Å². The molecule has 0 saturated carbocycles. The minimum absolute atomic E-state index is 0.387. The van der Waals surface area contributed by atoms with Crippen molar-refractivity contribution in [1.82, 2.24) is 9.78 Å². The summed E-state index contributed by atoms with van der Waals surface area (Å²) in [5, 5.41) is 6.39. The first-order valence-corrected chi connectivity index (χ1v) is 10.00. The summed E-state index contributed by atoms with van der Waals surface area (Å²) < 4.78 is 2.03. The lowest BCUT2D eigenvalue weighted by Gasteiger charge is -2.15. The van der Waals surface area contributed by atoms with Crippen LogP contribution in [-0.2, 0) is 0 Å². The molecule has 0 N–H and O–H groups in total. The van der Waals surface area contributed by atoms with Crippen LogP contribution in [0.1, 0.15) is 25.3 Å². The van der Waals surface area contributed by atoms with E-state index in [9.17, 15) is 0 Å². The predicted octanol–water partition coefficient (Wildman–Crippen LogP) is 7.64. The maximum Gasteiger partial charge on any atom is 0.0934 e. The lowest BCUT2D eigenvalue weighted by atomic mass is 10.0. The van der Waals surface area contributed by atoms with E-state index in [1.165, 1.54) is 5.56 Å². The van der Waals surface area contributed by atoms with E-state index in [1.54, 1.807) is 0 Å². The minimum atomic E-state index is 0.387. The Labute approximate surface area is 175 Å². The molecule has 4 aromatic rings. The van der Waals surface area contributed by atoms with Crippen LogP contribution < -0.4 is 0 Å². The fourth-order valence-electron chi connectivity index (χ4n) is 3.32. The second-order valence-electron chi connectivity index (χ2n) is 7.05. The number of para-hydroxylation sites is 1. The van der Waals surface area contributed by atoms with Gasteiger partial charge in [-0.1, -0.05) is 79.5 Å². The van der Waals surface area contributed by atoms with Crippen molar-refractivity contribution in [3.8, 4) is 28.2 Å². The molecule has 0 aliphatic carbocycles. The summed E-state index contributed by atoms with van der Waals surface area (Å²) in [5.74, 6) is 0.387. The number of nitrogens with zero attached hydrogens (tertiary/aromatic N) is 2. The molecule has 2 nitrogen and oxygen atoms in total. The van der Waals surface area contributed by atoms with Gasteiger partial charge in [-0.25, -0.2) is 4.68 Å². The number of hydrogen-bond donors (Lipinski definition) is 0. The SMILES string of the molecule is CC(C)c1ccccc1-n1nc(-c2ccc(Cl)cc2)cc1-c1ccc(Cl)cc1. The lowest BCUT2D eigenvalue weighted by molar-refractivity contribution is 0.814. The number of benzene rings is 3. The van der Waals surface area contributed by atoms with E-state index >= 15 is 0 Å². The normalized spacial score (nSPS) is 11.2. The number of rotatable bonds is 4. The van der Waals surface area contributed by atoms with Crippen LogP contribution in [0.5, 0.6) is 0 Å². The molecule has 0 atom stereocenters. The molecule has 0 saturated heterocycles. The van der Waals surface area contributed by atoms with E-state index in [0.717, 1.165) is 33.2 Å². The average Bonchev–Trinajstić information content (AvgIpc) is 3.14. The van der Waals surface area contributed by atoms with Gasteiger partial charge in [-0.3, -0.25) is 0 Å². The zero-order valence-corrected chi connectivity index (χ0v) is 17.2. The molecule has 0 aliphatic heterocycles. The highest BCUT2D eigenvalue weighted by molar-refractivity contribution is 6.30. The molecule has 0 radical (unpaired) electrons. The van der Waals surface area contributed by atoms with Crippen molar-refractivity contribution in [2.75, 3.05) is 0 Å². The highest BCUT2D eigenvalue weighted by Gasteiger charge is 2.16. The van der Waals surface area contributed by atoms with Gasteiger partial charge in [0.05, 0.1) is 17.1 Å². The summed E-state index contributed by atoms with van der Waals surface area (Å²) in [4.78, 5) is 0. The summed E-state index contributed by atoms with van der Waals surface area (Å²) in [6, 6.07) is 26.2. The highest BCUT2D eigenvalue weighted by atomic mass is 35.5. The molecular weight excluding hydrogens is 387 g/mol. The first-order valence-electron chi connectivity index (χ1n) is 9.24. The number of hydrogen-bond acceptors (Lipinski definition) is 1. The van der Waals surface area contributed by atoms with Crippen molar-refractivity contribution in [1.29, 1.82) is 0 Å². The summed E-state index contributed by atoms with van der Waals surface area (Å²) >= 11 is 12.2. The van der Waals surface area contributed by atoms with Crippen molar-refractivity contribution >= 4 is 23.2 Å². The second kappa shape index (κ2) is 7.83. The van der Waals surface area contributed by atoms with Crippen LogP contribution in [-0.4, -0.2) is 9.78 Å². The van der Waals surface area contributed by atoms with E-state index in [-0.39, 0.29) is 0 Å². The number of halogens is 2. The molecule has 0 spiro atoms. The third-order valence-electron chi connectivity index (χ3n) is 4.78. The van der Waals surface area contributed by atoms with Gasteiger partial charge in [0.2, 0.25) is 0 Å². The first kappa shape index (κ1) is 18.8. The summed E-state index contributed by atoms with van der Waals surface area (Å²) in [6.07, 6.45) is 0. The molecule has 28 heavy (non-hydrogen) atoms. The van der Waals surface area contributed by atoms with Gasteiger partial charge in [-0.15, -0.1) is 0 Å². The lowest BCUT2D eigenvalue weighted by Crippen LogP contribution is -2.04. The summed E-state index contributed by atoms with van der Waals surface area (Å²) in [5.41, 5.74) is 6.36. The Morgan fingerprint density at radius 1 is 0.750 bits per heavy atom. The number of aromatic nitrogens is 2. The Balaban J connectivity index is 1.93. The molecule has 3 aromatic carbocycles. The maximum atomic E-state index is 6.10. The minimum Gasteiger partial charge on any atom is -0.232 e. The van der Waals surface area contributed by atoms with E-state index in [4.69, 9.17) is 28.3 Å². The van der Waals surface area contributed by atoms with Crippen LogP contribution in [0.4, 0.5) is 0 Å². The van der Waals surface area contributed by atoms with Gasteiger partial charge in [0.15, 0.2) is 0 Å². The van der Waals surface area contributed by atoms with Gasteiger partial charge in [0.1, 0.15) is 0 Å². The Bertz CT molecular complexity index is 1090. The van der Waals surface area contributed by atoms with Gasteiger partial charge in [0.25, 0.3) is 0 Å². The molecule has 0 fully saturated rings. The quantitative estimate of drug-likeness (QED) is 0.340. The third-order valence-corrected chi connectivity index (χ3v) is 5.28. The first-order chi connectivity index (χ1) is 13.5. The van der Waals surface area contributed by atoms with E-state index in [0.29, 0.717) is 10.9 Å². The monoisotopic (exact) mass is 406 g/mol. The summed E-state index contributed by atoms with van der Waals surface area (Å²) in [6.45, 7) is 4.40. The van der Waals surface area contributed by atoms with Crippen LogP contribution >= 0.6 is 23.2 Å². The molecule has 0 amide bonds. The van der Waals surface area contributed by atoms with Crippen LogP contribution in [0.25, 0.3) is 28.2 Å². The Hall–Kier alpha value is -2.55. The van der Waals surface area contributed by atoms with Gasteiger partial charge >= 0.3 is 0 Å². The van der Waals surface area contributed by atoms with Gasteiger partial charge in [-0.2, -0.15) is 5.10 Å². The van der Waals surface area contributed by atoms with Crippen molar-refractivity contribution in [2.45, 2.75) is 19.8 Å². The maximum absolute atomic E-state index is 6.10. The third kappa shape index (κ3) is 3.71. The van der Waals surface area contributed by atoms with Gasteiger partial charge in [0, 0.05) is 21.2 Å². The molecule has 0 bridgehead atoms. The van der Waals surface area contributed by atoms with E-state index in [2.05, 4.69) is 44.2 Å². The van der Waals surface area contributed by atoms with Gasteiger partial charge < -0.3 is 0 Å². The van der Waals surface area contributed by atoms with Crippen LogP contribution in [0.3, 0.4) is 0 Å². The molecule has 0 aliphatic rings. The molecule has 1 aromatic heterocycles. The molecular formula is C24H20Cl2N2. The van der Waals surface area contributed by atoms with Crippen molar-refractivity contribution in [2.24, 2.45) is 0 Å². The second-order valence-corrected chi connectivity index (χ2v) is 7.93. The van der Waals surface area contributed by atoms with Crippen LogP contribution in [0, 0.1) is 0 Å². The van der Waals surface area contributed by atoms with Crippen LogP contribution in [0.15, 0.2) is 78.9 Å². The van der Waals surface area contributed by atoms with Crippen molar-refractivity contribution < 1.29 is 0 Å². The highest BCUT2D eigenvalue weighted by Crippen LogP contribution is 2.32. The van der Waals surface area contributed by atoms with E-state index < -0.39 is 0 Å². The standard InChI is InChI=1S/C24H20Cl2N2/c1-16(2)21-5-3-4-6-23(21)28-24(18-9-13-20(26)14-10-18)15-22(27-28)17-7-11-19(25)12-8-17/h3-16H,1-2H3. The zero-order valence-electron chi connectivity index (χ0n) is 15.7. The van der Waals surface area contributed by atoms with Crippen LogP contribution in [0.2, 0.25) is 10.0 Å². The van der Waals surface area contributed by atoms with E-state index in [1.807, 2.05) is 53.2 Å². The fourth-order valence-corrected chi connectivity index (χ4v) is 3.57. The fraction of sp³-hybridized carbons (Fsp3) is 0.125. The predicted molar refractivity (Wildman–Crippen MR) is 119 cm³/mol. The molecule has 4 rings (SSSR count). The Morgan fingerprint density at radius 3 is 1.93 bits per heavy atom. The zero-order chi connectivity index (χ0) is 19.7. The Morgan fingerprint density at radius 2 is 1.32 bits per heavy atom. The van der Waals surface area contributed by atoms with Crippen molar-refractivity contribution in [3.05, 3.63) is 94.5 Å². The molecule has 0 unspecified atom stereocenters. The Kier molecular flexibility index (Phi) is 5.25. The average molecular weight is 407 g/mol. The molecule has 4 heteroatoms. The van der Waals surface area contributed by atoms with Gasteiger partial charge in [-0.05, 0) is 47.9 Å². The summed E-state index contributed by atoms with van der Waals surface area (Å²) in [7, 11) is 0. The largest absolute Gasteiger partial charge is 0.232 e. The smallest absolute Gasteiger partial charge is 0.0934 e. The topological polar surface area (TPSA) is 17.8 Å². The molecule has 1 heterocycles. The molecule has 140 valence electrons.